The summed E-state index contributed by atoms with van der Waals surface area (Å²) in [6.45, 7) is 4.25. The first-order chi connectivity index (χ1) is 5.12. The second-order valence-electron chi connectivity index (χ2n) is 3.50. The molecule has 4 N–H and O–H groups in total. The van der Waals surface area contributed by atoms with E-state index >= 15 is 0 Å². The summed E-state index contributed by atoms with van der Waals surface area (Å²) in [6.07, 6.45) is 7.01. The van der Waals surface area contributed by atoms with E-state index in [1.54, 1.807) is 0 Å². The average Bonchev–Trinajstić information content (AvgIpc) is 1.88. The molecule has 68 valence electrons. The maximum absolute atomic E-state index is 5.66. The first-order valence-corrected chi connectivity index (χ1v) is 4.70. The van der Waals surface area contributed by atoms with Gasteiger partial charge in [-0.25, -0.2) is 0 Å². The molecule has 0 radical (unpaired) electrons. The third-order valence-corrected chi connectivity index (χ3v) is 1.78. The van der Waals surface area contributed by atoms with Crippen LogP contribution in [0.1, 0.15) is 52.4 Å². The van der Waals surface area contributed by atoms with Crippen LogP contribution >= 0.6 is 0 Å². The summed E-state index contributed by atoms with van der Waals surface area (Å²) >= 11 is 0. The predicted octanol–water partition coefficient (Wildman–Crippen LogP) is 1.98. The van der Waals surface area contributed by atoms with E-state index in [0.717, 1.165) is 12.8 Å². The van der Waals surface area contributed by atoms with Crippen LogP contribution in [-0.2, 0) is 0 Å². The zero-order chi connectivity index (χ0) is 8.74. The molecule has 1 fully saturated rings. The topological polar surface area (TPSA) is 52.0 Å². The Morgan fingerprint density at radius 2 is 1.36 bits per heavy atom. The Morgan fingerprint density at radius 3 is 1.55 bits per heavy atom. The quantitative estimate of drug-likeness (QED) is 0.530. The first-order valence-electron chi connectivity index (χ1n) is 4.70. The van der Waals surface area contributed by atoms with Crippen molar-refractivity contribution in [3.63, 3.8) is 0 Å². The summed E-state index contributed by atoms with van der Waals surface area (Å²) in [5, 5.41) is 0. The smallest absolute Gasteiger partial charge is 0.0636 e. The molecule has 0 heterocycles. The second-order valence-corrected chi connectivity index (χ2v) is 3.50. The van der Waals surface area contributed by atoms with Gasteiger partial charge < -0.3 is 11.5 Å². The average molecular weight is 158 g/mol. The fourth-order valence-electron chi connectivity index (χ4n) is 1.21. The Bertz CT molecular complexity index is 81.6. The van der Waals surface area contributed by atoms with Crippen molar-refractivity contribution in [1.29, 1.82) is 0 Å². The number of nitrogens with two attached hydrogens (primary N) is 2. The van der Waals surface area contributed by atoms with Gasteiger partial charge in [0, 0.05) is 0 Å². The molecule has 0 aromatic heterocycles. The zero-order valence-electron chi connectivity index (χ0n) is 7.90. The van der Waals surface area contributed by atoms with Crippen LogP contribution < -0.4 is 11.5 Å². The summed E-state index contributed by atoms with van der Waals surface area (Å²) in [6, 6.07) is 0. The van der Waals surface area contributed by atoms with Crippen molar-refractivity contribution in [2.24, 2.45) is 11.5 Å². The molecule has 0 atom stereocenters. The van der Waals surface area contributed by atoms with E-state index in [0.29, 0.717) is 0 Å². The van der Waals surface area contributed by atoms with Crippen LogP contribution in [0.25, 0.3) is 0 Å². The van der Waals surface area contributed by atoms with Crippen LogP contribution in [0.15, 0.2) is 0 Å². The molecule has 0 aliphatic heterocycles. The van der Waals surface area contributed by atoms with Crippen molar-refractivity contribution in [3.05, 3.63) is 0 Å². The molecule has 0 aromatic rings. The Balaban J connectivity index is 0.000000292. The molecule has 1 aliphatic carbocycles. The summed E-state index contributed by atoms with van der Waals surface area (Å²) < 4.78 is 0. The highest BCUT2D eigenvalue weighted by Gasteiger charge is 2.21. The van der Waals surface area contributed by atoms with Gasteiger partial charge >= 0.3 is 0 Å². The maximum Gasteiger partial charge on any atom is 0.0636 e. The Labute approximate surface area is 70.3 Å². The molecule has 1 aliphatic rings. The summed E-state index contributed by atoms with van der Waals surface area (Å²) in [5.41, 5.74) is 11.0. The van der Waals surface area contributed by atoms with Crippen LogP contribution in [0.4, 0.5) is 0 Å². The van der Waals surface area contributed by atoms with E-state index in [4.69, 9.17) is 11.5 Å². The van der Waals surface area contributed by atoms with Gasteiger partial charge in [-0.05, 0) is 12.8 Å². The highest BCUT2D eigenvalue weighted by Crippen LogP contribution is 2.20. The van der Waals surface area contributed by atoms with E-state index in [-0.39, 0.29) is 5.66 Å². The molecular weight excluding hydrogens is 136 g/mol. The highest BCUT2D eigenvalue weighted by molar-refractivity contribution is 4.79. The van der Waals surface area contributed by atoms with Gasteiger partial charge in [0.1, 0.15) is 0 Å². The molecule has 11 heavy (non-hydrogen) atoms. The Hall–Kier alpha value is -0.0800. The van der Waals surface area contributed by atoms with Crippen molar-refractivity contribution in [1.82, 2.24) is 0 Å². The number of rotatable bonds is 0. The van der Waals surface area contributed by atoms with Crippen molar-refractivity contribution in [3.8, 4) is 0 Å². The monoisotopic (exact) mass is 158 g/mol. The Morgan fingerprint density at radius 1 is 1.00 bits per heavy atom. The highest BCUT2D eigenvalue weighted by atomic mass is 14.9. The maximum atomic E-state index is 5.66. The van der Waals surface area contributed by atoms with Gasteiger partial charge in [0.25, 0.3) is 0 Å². The molecule has 0 unspecified atom stereocenters. The first kappa shape index (κ1) is 10.9. The van der Waals surface area contributed by atoms with Gasteiger partial charge in [-0.3, -0.25) is 0 Å². The predicted molar refractivity (Wildman–Crippen MR) is 50.2 cm³/mol. The van der Waals surface area contributed by atoms with E-state index in [1.807, 2.05) is 0 Å². The van der Waals surface area contributed by atoms with Crippen LogP contribution in [0.2, 0.25) is 0 Å². The minimum absolute atomic E-state index is 0.321. The fraction of sp³-hybridized carbons (Fsp3) is 1.00. The minimum Gasteiger partial charge on any atom is -0.313 e. The lowest BCUT2D eigenvalue weighted by molar-refractivity contribution is 0.306. The zero-order valence-corrected chi connectivity index (χ0v) is 7.90. The summed E-state index contributed by atoms with van der Waals surface area (Å²) in [4.78, 5) is 0. The molecule has 0 saturated heterocycles. The van der Waals surface area contributed by atoms with E-state index in [9.17, 15) is 0 Å². The van der Waals surface area contributed by atoms with Gasteiger partial charge in [0.15, 0.2) is 0 Å². The van der Waals surface area contributed by atoms with E-state index in [1.165, 1.54) is 25.7 Å². The molecule has 1 rings (SSSR count). The van der Waals surface area contributed by atoms with Crippen LogP contribution in [0.3, 0.4) is 0 Å². The second kappa shape index (κ2) is 5.56. The van der Waals surface area contributed by atoms with Crippen LogP contribution in [0.5, 0.6) is 0 Å². The van der Waals surface area contributed by atoms with Crippen molar-refractivity contribution >= 4 is 0 Å². The molecular formula is C9H22N2. The molecule has 1 saturated carbocycles. The molecule has 0 bridgehead atoms. The lowest BCUT2D eigenvalue weighted by atomic mass is 9.91. The SMILES string of the molecule is CCC.NC1(N)CCCCC1. The fourth-order valence-corrected chi connectivity index (χ4v) is 1.21. The van der Waals surface area contributed by atoms with Gasteiger partial charge in [-0.2, -0.15) is 0 Å². The number of hydrogen-bond acceptors (Lipinski definition) is 2. The lowest BCUT2D eigenvalue weighted by Gasteiger charge is -2.28. The van der Waals surface area contributed by atoms with Gasteiger partial charge in [-0.15, -0.1) is 0 Å². The number of hydrogen-bond donors (Lipinski definition) is 2. The molecule has 0 spiro atoms. The van der Waals surface area contributed by atoms with Crippen LogP contribution in [-0.4, -0.2) is 5.66 Å². The van der Waals surface area contributed by atoms with Crippen LogP contribution in [0, 0.1) is 0 Å². The largest absolute Gasteiger partial charge is 0.313 e. The van der Waals surface area contributed by atoms with Crippen molar-refractivity contribution in [2.45, 2.75) is 58.0 Å². The van der Waals surface area contributed by atoms with Gasteiger partial charge in [0.05, 0.1) is 5.66 Å². The Kier molecular flexibility index (Phi) is 5.51. The van der Waals surface area contributed by atoms with Crippen molar-refractivity contribution < 1.29 is 0 Å². The normalized spacial score (nSPS) is 21.8. The summed E-state index contributed by atoms with van der Waals surface area (Å²) in [7, 11) is 0. The van der Waals surface area contributed by atoms with Crippen molar-refractivity contribution in [2.75, 3.05) is 0 Å². The van der Waals surface area contributed by atoms with E-state index < -0.39 is 0 Å². The van der Waals surface area contributed by atoms with Gasteiger partial charge in [0.2, 0.25) is 0 Å². The third-order valence-electron chi connectivity index (χ3n) is 1.78. The lowest BCUT2D eigenvalue weighted by Crippen LogP contribution is -2.50. The van der Waals surface area contributed by atoms with E-state index in [2.05, 4.69) is 13.8 Å². The molecule has 0 amide bonds. The summed E-state index contributed by atoms with van der Waals surface area (Å²) in [5.74, 6) is 0. The molecule has 2 heteroatoms. The minimum atomic E-state index is -0.321. The molecule has 0 aromatic carbocycles. The third kappa shape index (κ3) is 6.32. The standard InChI is InChI=1S/C6H14N2.C3H8/c7-6(8)4-2-1-3-5-6;1-3-2/h1-5,7-8H2;3H2,1-2H3. The van der Waals surface area contributed by atoms with Gasteiger partial charge in [-0.1, -0.05) is 39.5 Å². The molecule has 2 nitrogen and oxygen atoms in total.